The largest absolute Gasteiger partial charge is 0.487 e. The van der Waals surface area contributed by atoms with E-state index in [1.165, 1.54) is 25.7 Å². The summed E-state index contributed by atoms with van der Waals surface area (Å²) in [5, 5.41) is 0.486. The van der Waals surface area contributed by atoms with Crippen LogP contribution in [0.25, 0.3) is 0 Å². The van der Waals surface area contributed by atoms with Gasteiger partial charge in [0.2, 0.25) is 0 Å². The van der Waals surface area contributed by atoms with Gasteiger partial charge in [0.1, 0.15) is 6.10 Å². The second kappa shape index (κ2) is 3.67. The molecule has 1 aromatic heterocycles. The van der Waals surface area contributed by atoms with Gasteiger partial charge in [-0.15, -0.1) is 0 Å². The maximum absolute atomic E-state index is 5.97. The van der Waals surface area contributed by atoms with Crippen molar-refractivity contribution >= 4 is 11.6 Å². The zero-order valence-corrected chi connectivity index (χ0v) is 9.28. The third kappa shape index (κ3) is 1.71. The van der Waals surface area contributed by atoms with Gasteiger partial charge in [-0.2, -0.15) is 0 Å². The second-order valence-corrected chi connectivity index (χ2v) is 4.98. The fraction of sp³-hybridized carbons (Fsp3) is 0.583. The van der Waals surface area contributed by atoms with Crippen LogP contribution in [0.2, 0.25) is 5.15 Å². The highest BCUT2D eigenvalue weighted by Gasteiger charge is 2.41. The number of aromatic nitrogens is 1. The molecule has 0 amide bonds. The van der Waals surface area contributed by atoms with Gasteiger partial charge in [-0.3, -0.25) is 0 Å². The molecule has 3 rings (SSSR count). The smallest absolute Gasteiger partial charge is 0.171 e. The van der Waals surface area contributed by atoms with E-state index in [0.29, 0.717) is 11.3 Å². The van der Waals surface area contributed by atoms with Crippen molar-refractivity contribution in [2.45, 2.75) is 31.8 Å². The van der Waals surface area contributed by atoms with E-state index in [1.807, 2.05) is 12.1 Å². The number of fused-ring (bicyclic) bond motifs is 2. The summed E-state index contributed by atoms with van der Waals surface area (Å²) in [7, 11) is 0. The molecule has 2 nitrogen and oxygen atoms in total. The highest BCUT2D eigenvalue weighted by Crippen LogP contribution is 2.46. The lowest BCUT2D eigenvalue weighted by atomic mass is 9.98. The van der Waals surface area contributed by atoms with Crippen LogP contribution >= 0.6 is 11.6 Å². The molecule has 0 spiro atoms. The molecule has 3 unspecified atom stereocenters. The molecule has 0 aliphatic heterocycles. The predicted molar refractivity (Wildman–Crippen MR) is 59.1 cm³/mol. The molecule has 1 aromatic rings. The van der Waals surface area contributed by atoms with Gasteiger partial charge < -0.3 is 4.74 Å². The quantitative estimate of drug-likeness (QED) is 0.718. The van der Waals surface area contributed by atoms with E-state index in [2.05, 4.69) is 4.98 Å². The first-order chi connectivity index (χ1) is 7.33. The molecule has 3 atom stereocenters. The Balaban J connectivity index is 1.73. The van der Waals surface area contributed by atoms with E-state index in [0.717, 1.165) is 17.6 Å². The molecular weight excluding hydrogens is 210 g/mol. The molecule has 80 valence electrons. The average Bonchev–Trinajstić information content (AvgIpc) is 2.83. The van der Waals surface area contributed by atoms with E-state index in [9.17, 15) is 0 Å². The summed E-state index contributed by atoms with van der Waals surface area (Å²) in [6, 6.07) is 3.77. The number of nitrogens with zero attached hydrogens (tertiary/aromatic N) is 1. The van der Waals surface area contributed by atoms with Gasteiger partial charge in [-0.1, -0.05) is 11.6 Å². The van der Waals surface area contributed by atoms with Crippen molar-refractivity contribution in [3.8, 4) is 5.75 Å². The van der Waals surface area contributed by atoms with Gasteiger partial charge in [0.25, 0.3) is 0 Å². The fourth-order valence-electron chi connectivity index (χ4n) is 2.95. The van der Waals surface area contributed by atoms with Crippen LogP contribution < -0.4 is 4.74 Å². The van der Waals surface area contributed by atoms with Crippen molar-refractivity contribution in [1.29, 1.82) is 0 Å². The molecular formula is C12H14ClNO. The van der Waals surface area contributed by atoms with Gasteiger partial charge in [0.15, 0.2) is 10.9 Å². The van der Waals surface area contributed by atoms with E-state index < -0.39 is 0 Å². The first-order valence-electron chi connectivity index (χ1n) is 5.60. The summed E-state index contributed by atoms with van der Waals surface area (Å²) < 4.78 is 5.95. The fourth-order valence-corrected chi connectivity index (χ4v) is 3.12. The lowest BCUT2D eigenvalue weighted by molar-refractivity contribution is 0.138. The van der Waals surface area contributed by atoms with E-state index in [1.54, 1.807) is 6.20 Å². The van der Waals surface area contributed by atoms with Crippen LogP contribution in [-0.4, -0.2) is 11.1 Å². The summed E-state index contributed by atoms with van der Waals surface area (Å²) in [6.45, 7) is 0. The van der Waals surface area contributed by atoms with Gasteiger partial charge in [-0.05, 0) is 49.7 Å². The predicted octanol–water partition coefficient (Wildman–Crippen LogP) is 3.30. The zero-order valence-electron chi connectivity index (χ0n) is 8.53. The third-order valence-corrected chi connectivity index (χ3v) is 3.96. The first-order valence-corrected chi connectivity index (χ1v) is 5.98. The molecule has 2 fully saturated rings. The minimum Gasteiger partial charge on any atom is -0.487 e. The minimum atomic E-state index is 0.380. The van der Waals surface area contributed by atoms with Crippen LogP contribution in [0.4, 0.5) is 0 Å². The standard InChI is InChI=1S/C12H14ClNO/c13-12-10(2-1-5-14-12)15-11-7-8-3-4-9(11)6-8/h1-2,5,8-9,11H,3-4,6-7H2. The number of hydrogen-bond donors (Lipinski definition) is 0. The summed E-state index contributed by atoms with van der Waals surface area (Å²) in [6.07, 6.45) is 7.35. The molecule has 2 saturated carbocycles. The highest BCUT2D eigenvalue weighted by molar-refractivity contribution is 6.30. The first kappa shape index (κ1) is 9.46. The molecule has 0 radical (unpaired) electrons. The highest BCUT2D eigenvalue weighted by atomic mass is 35.5. The number of ether oxygens (including phenoxy) is 1. The zero-order chi connectivity index (χ0) is 10.3. The normalized spacial score (nSPS) is 33.3. The average molecular weight is 224 g/mol. The van der Waals surface area contributed by atoms with E-state index >= 15 is 0 Å². The van der Waals surface area contributed by atoms with Crippen LogP contribution in [0.5, 0.6) is 5.75 Å². The van der Waals surface area contributed by atoms with Gasteiger partial charge >= 0.3 is 0 Å². The van der Waals surface area contributed by atoms with Crippen LogP contribution in [-0.2, 0) is 0 Å². The van der Waals surface area contributed by atoms with Crippen molar-refractivity contribution in [2.24, 2.45) is 11.8 Å². The van der Waals surface area contributed by atoms with Crippen LogP contribution in [0.1, 0.15) is 25.7 Å². The molecule has 1 heterocycles. The van der Waals surface area contributed by atoms with Gasteiger partial charge in [0, 0.05) is 6.20 Å². The van der Waals surface area contributed by atoms with Crippen molar-refractivity contribution in [3.63, 3.8) is 0 Å². The van der Waals surface area contributed by atoms with Gasteiger partial charge in [-0.25, -0.2) is 4.98 Å². The molecule has 0 N–H and O–H groups in total. The number of hydrogen-bond acceptors (Lipinski definition) is 2. The van der Waals surface area contributed by atoms with Crippen LogP contribution in [0.3, 0.4) is 0 Å². The van der Waals surface area contributed by atoms with Crippen molar-refractivity contribution in [1.82, 2.24) is 4.98 Å². The maximum Gasteiger partial charge on any atom is 0.171 e. The van der Waals surface area contributed by atoms with Crippen LogP contribution in [0.15, 0.2) is 18.3 Å². The molecule has 0 aromatic carbocycles. The molecule has 2 bridgehead atoms. The Morgan fingerprint density at radius 3 is 2.93 bits per heavy atom. The van der Waals surface area contributed by atoms with Crippen molar-refractivity contribution in [2.75, 3.05) is 0 Å². The summed E-state index contributed by atoms with van der Waals surface area (Å²) >= 11 is 5.97. The minimum absolute atomic E-state index is 0.380. The lowest BCUT2D eigenvalue weighted by Crippen LogP contribution is -2.23. The molecule has 15 heavy (non-hydrogen) atoms. The molecule has 2 aliphatic carbocycles. The van der Waals surface area contributed by atoms with Crippen molar-refractivity contribution < 1.29 is 4.74 Å². The Labute approximate surface area is 94.6 Å². The van der Waals surface area contributed by atoms with E-state index in [-0.39, 0.29) is 0 Å². The molecule has 2 aliphatic rings. The summed E-state index contributed by atoms with van der Waals surface area (Å²) in [5.41, 5.74) is 0. The Kier molecular flexibility index (Phi) is 2.32. The Bertz CT molecular complexity index is 368. The maximum atomic E-state index is 5.97. The number of halogens is 1. The van der Waals surface area contributed by atoms with E-state index in [4.69, 9.17) is 16.3 Å². The molecule has 0 saturated heterocycles. The molecule has 3 heteroatoms. The Morgan fingerprint density at radius 2 is 2.27 bits per heavy atom. The van der Waals surface area contributed by atoms with Crippen LogP contribution in [0, 0.1) is 11.8 Å². The topological polar surface area (TPSA) is 22.1 Å². The van der Waals surface area contributed by atoms with Crippen molar-refractivity contribution in [3.05, 3.63) is 23.5 Å². The van der Waals surface area contributed by atoms with Gasteiger partial charge in [0.05, 0.1) is 0 Å². The SMILES string of the molecule is Clc1ncccc1OC1CC2CCC1C2. The summed E-state index contributed by atoms with van der Waals surface area (Å²) in [5.74, 6) is 2.40. The second-order valence-electron chi connectivity index (χ2n) is 4.62. The Hall–Kier alpha value is -0.760. The lowest BCUT2D eigenvalue weighted by Gasteiger charge is -2.23. The number of pyridine rings is 1. The monoisotopic (exact) mass is 223 g/mol. The Morgan fingerprint density at radius 1 is 1.33 bits per heavy atom. The number of rotatable bonds is 2. The summed E-state index contributed by atoms with van der Waals surface area (Å²) in [4.78, 5) is 4.02. The third-order valence-electron chi connectivity index (χ3n) is 3.68.